The molecule has 1 aromatic rings. The van der Waals surface area contributed by atoms with Crippen LogP contribution in [0.3, 0.4) is 0 Å². The van der Waals surface area contributed by atoms with Crippen LogP contribution in [0.25, 0.3) is 5.57 Å². The summed E-state index contributed by atoms with van der Waals surface area (Å²) in [6.45, 7) is 0. The third-order valence-corrected chi connectivity index (χ3v) is 2.87. The number of rotatable bonds is 2. The van der Waals surface area contributed by atoms with Gasteiger partial charge in [-0.15, -0.1) is 0 Å². The molecule has 0 bridgehead atoms. The Balaban J connectivity index is 2.51. The number of carboxylic acid groups (broad SMARTS) is 1. The highest BCUT2D eigenvalue weighted by Crippen LogP contribution is 2.33. The van der Waals surface area contributed by atoms with Gasteiger partial charge in [0.05, 0.1) is 0 Å². The number of halogens is 1. The van der Waals surface area contributed by atoms with Crippen molar-refractivity contribution in [2.24, 2.45) is 0 Å². The van der Waals surface area contributed by atoms with E-state index in [1.54, 1.807) is 0 Å². The van der Waals surface area contributed by atoms with E-state index in [0.717, 1.165) is 23.9 Å². The predicted octanol–water partition coefficient (Wildman–Crippen LogP) is 1.11. The maximum Gasteiger partial charge on any atom is 0.331 e. The lowest BCUT2D eigenvalue weighted by Gasteiger charge is -2.06. The fraction of sp³-hybridized carbons (Fsp3) is 0.250. The molecule has 1 aromatic carbocycles. The molecule has 0 saturated carbocycles. The normalized spacial score (nSPS) is 15.6. The molecule has 0 fully saturated rings. The predicted molar refractivity (Wildman–Crippen MR) is 63.0 cm³/mol. The fourth-order valence-corrected chi connectivity index (χ4v) is 2.21. The van der Waals surface area contributed by atoms with Crippen molar-refractivity contribution in [2.45, 2.75) is 19.3 Å². The summed E-state index contributed by atoms with van der Waals surface area (Å²) in [4.78, 5) is 11.0. The summed E-state index contributed by atoms with van der Waals surface area (Å²) in [6.07, 6.45) is 2.15. The molecule has 0 aliphatic heterocycles. The van der Waals surface area contributed by atoms with Gasteiger partial charge < -0.3 is 5.11 Å². The summed E-state index contributed by atoms with van der Waals surface area (Å²) in [5.41, 5.74) is 2.76. The van der Waals surface area contributed by atoms with Gasteiger partial charge >= 0.3 is 5.97 Å². The number of benzene rings is 1. The largest absolute Gasteiger partial charge is 0.478 e. The molecule has 16 heavy (non-hydrogen) atoms. The Kier molecular flexibility index (Phi) is 2.81. The molecule has 0 saturated heterocycles. The molecule has 1 aliphatic rings. The lowest BCUT2D eigenvalue weighted by molar-refractivity contribution is -0.132. The number of allylic oxidation sites excluding steroid dienone is 1. The molecular formula is C12H12BFO2. The van der Waals surface area contributed by atoms with Gasteiger partial charge in [-0.2, -0.15) is 0 Å². The first-order chi connectivity index (χ1) is 7.58. The quantitative estimate of drug-likeness (QED) is 0.755. The van der Waals surface area contributed by atoms with Gasteiger partial charge in [0.1, 0.15) is 13.7 Å². The molecule has 1 aliphatic carbocycles. The molecule has 2 nitrogen and oxygen atoms in total. The van der Waals surface area contributed by atoms with E-state index >= 15 is 0 Å². The van der Waals surface area contributed by atoms with E-state index in [4.69, 9.17) is 5.11 Å². The van der Waals surface area contributed by atoms with Crippen LogP contribution in [0.4, 0.5) is 4.39 Å². The third-order valence-electron chi connectivity index (χ3n) is 2.87. The molecule has 0 amide bonds. The maximum atomic E-state index is 13.2. The van der Waals surface area contributed by atoms with Crippen LogP contribution in [-0.4, -0.2) is 18.9 Å². The first-order valence-electron chi connectivity index (χ1n) is 5.31. The molecule has 0 atom stereocenters. The topological polar surface area (TPSA) is 37.3 Å². The summed E-state index contributed by atoms with van der Waals surface area (Å²) in [7, 11) is 1.81. The van der Waals surface area contributed by atoms with Crippen molar-refractivity contribution in [1.82, 2.24) is 0 Å². The van der Waals surface area contributed by atoms with Gasteiger partial charge in [0, 0.05) is 5.57 Å². The number of hydrogen-bond donors (Lipinski definition) is 1. The first kappa shape index (κ1) is 10.9. The van der Waals surface area contributed by atoms with E-state index < -0.39 is 5.97 Å². The minimum atomic E-state index is -0.880. The standard InChI is InChI=1S/C12H12BFO2/c13-8-4-7(5-9(14)6-8)10-2-1-3-11(10)12(15)16/h4-6H,1-3,13H2,(H,15,16). The minimum absolute atomic E-state index is 0.306. The zero-order chi connectivity index (χ0) is 11.7. The van der Waals surface area contributed by atoms with Crippen molar-refractivity contribution in [3.8, 4) is 0 Å². The van der Waals surface area contributed by atoms with Gasteiger partial charge in [-0.05, 0) is 42.5 Å². The van der Waals surface area contributed by atoms with Crippen molar-refractivity contribution in [1.29, 1.82) is 0 Å². The van der Waals surface area contributed by atoms with E-state index in [0.29, 0.717) is 17.6 Å². The highest BCUT2D eigenvalue weighted by molar-refractivity contribution is 6.32. The maximum absolute atomic E-state index is 13.2. The van der Waals surface area contributed by atoms with E-state index in [-0.39, 0.29) is 5.82 Å². The second-order valence-corrected chi connectivity index (χ2v) is 4.13. The van der Waals surface area contributed by atoms with E-state index in [1.807, 2.05) is 13.9 Å². The van der Waals surface area contributed by atoms with Crippen molar-refractivity contribution in [3.05, 3.63) is 35.2 Å². The van der Waals surface area contributed by atoms with Gasteiger partial charge in [-0.25, -0.2) is 9.18 Å². The summed E-state index contributed by atoms with van der Waals surface area (Å²) in [6, 6.07) is 4.70. The summed E-state index contributed by atoms with van der Waals surface area (Å²) < 4.78 is 13.2. The zero-order valence-electron chi connectivity index (χ0n) is 9.09. The molecule has 2 rings (SSSR count). The molecule has 1 N–H and O–H groups in total. The summed E-state index contributed by atoms with van der Waals surface area (Å²) in [5, 5.41) is 9.03. The van der Waals surface area contributed by atoms with E-state index in [2.05, 4.69) is 0 Å². The first-order valence-corrected chi connectivity index (χ1v) is 5.31. The van der Waals surface area contributed by atoms with Gasteiger partial charge in [-0.3, -0.25) is 0 Å². The molecule has 0 unspecified atom stereocenters. The average Bonchev–Trinajstić information content (AvgIpc) is 2.63. The fourth-order valence-electron chi connectivity index (χ4n) is 2.21. The molecule has 82 valence electrons. The van der Waals surface area contributed by atoms with Crippen LogP contribution in [0.5, 0.6) is 0 Å². The second kappa shape index (κ2) is 4.12. The van der Waals surface area contributed by atoms with Crippen LogP contribution in [-0.2, 0) is 4.79 Å². The second-order valence-electron chi connectivity index (χ2n) is 4.13. The number of hydrogen-bond acceptors (Lipinski definition) is 1. The van der Waals surface area contributed by atoms with Crippen LogP contribution in [0, 0.1) is 5.82 Å². The van der Waals surface area contributed by atoms with Crippen LogP contribution in [0.1, 0.15) is 24.8 Å². The van der Waals surface area contributed by atoms with Crippen molar-refractivity contribution >= 4 is 24.9 Å². The number of aliphatic carboxylic acids is 1. The van der Waals surface area contributed by atoms with E-state index in [1.165, 1.54) is 12.1 Å². The molecule has 0 spiro atoms. The van der Waals surface area contributed by atoms with Gasteiger partial charge in [0.15, 0.2) is 0 Å². The molecular weight excluding hydrogens is 206 g/mol. The van der Waals surface area contributed by atoms with Gasteiger partial charge in [0.2, 0.25) is 0 Å². The van der Waals surface area contributed by atoms with Crippen LogP contribution in [0.2, 0.25) is 0 Å². The average molecular weight is 218 g/mol. The summed E-state index contributed by atoms with van der Waals surface area (Å²) >= 11 is 0. The van der Waals surface area contributed by atoms with Gasteiger partial charge in [0.25, 0.3) is 0 Å². The Labute approximate surface area is 94.2 Å². The zero-order valence-corrected chi connectivity index (χ0v) is 9.09. The Morgan fingerprint density at radius 2 is 2.06 bits per heavy atom. The van der Waals surface area contributed by atoms with Crippen LogP contribution in [0.15, 0.2) is 23.8 Å². The SMILES string of the molecule is Bc1cc(F)cc(C2=C(C(=O)O)CCC2)c1. The summed E-state index contributed by atoms with van der Waals surface area (Å²) in [5.74, 6) is -1.19. The number of carbonyl (C=O) groups is 1. The molecule has 4 heteroatoms. The van der Waals surface area contributed by atoms with Crippen molar-refractivity contribution in [2.75, 3.05) is 0 Å². The Morgan fingerprint density at radius 3 is 2.69 bits per heavy atom. The molecule has 0 heterocycles. The lowest BCUT2D eigenvalue weighted by Crippen LogP contribution is -2.06. The highest BCUT2D eigenvalue weighted by Gasteiger charge is 2.21. The smallest absolute Gasteiger partial charge is 0.331 e. The van der Waals surface area contributed by atoms with Crippen LogP contribution < -0.4 is 5.46 Å². The lowest BCUT2D eigenvalue weighted by atomic mass is 9.91. The third kappa shape index (κ3) is 2.01. The van der Waals surface area contributed by atoms with Crippen LogP contribution >= 0.6 is 0 Å². The molecule has 0 radical (unpaired) electrons. The van der Waals surface area contributed by atoms with Crippen molar-refractivity contribution < 1.29 is 14.3 Å². The van der Waals surface area contributed by atoms with Crippen molar-refractivity contribution in [3.63, 3.8) is 0 Å². The minimum Gasteiger partial charge on any atom is -0.478 e. The van der Waals surface area contributed by atoms with Gasteiger partial charge in [-0.1, -0.05) is 11.5 Å². The Morgan fingerprint density at radius 1 is 1.31 bits per heavy atom. The molecule has 0 aromatic heterocycles. The van der Waals surface area contributed by atoms with E-state index in [9.17, 15) is 9.18 Å². The Bertz CT molecular complexity index is 460. The highest BCUT2D eigenvalue weighted by atomic mass is 19.1. The Hall–Kier alpha value is -1.58. The number of carboxylic acids is 1. The monoisotopic (exact) mass is 218 g/mol.